The molecule has 53 heavy (non-hydrogen) atoms. The number of carbonyl (C=O) groups excluding carboxylic acids is 3. The van der Waals surface area contributed by atoms with E-state index in [9.17, 15) is 14.4 Å². The van der Waals surface area contributed by atoms with Crippen molar-refractivity contribution >= 4 is 17.9 Å². The molecular formula is C47H90O6. The molecule has 0 rings (SSSR count). The van der Waals surface area contributed by atoms with Crippen molar-refractivity contribution in [2.24, 2.45) is 17.8 Å². The molecule has 0 aliphatic rings. The van der Waals surface area contributed by atoms with E-state index in [2.05, 4.69) is 41.5 Å². The molecule has 0 radical (unpaired) electrons. The summed E-state index contributed by atoms with van der Waals surface area (Å²) >= 11 is 0. The van der Waals surface area contributed by atoms with Gasteiger partial charge in [-0.2, -0.15) is 0 Å². The first-order valence-electron chi connectivity index (χ1n) is 23.1. The summed E-state index contributed by atoms with van der Waals surface area (Å²) in [5, 5.41) is 0. The predicted molar refractivity (Wildman–Crippen MR) is 224 cm³/mol. The fraction of sp³-hybridized carbons (Fsp3) is 0.936. The highest BCUT2D eigenvalue weighted by atomic mass is 16.6. The quantitative estimate of drug-likeness (QED) is 0.0352. The summed E-state index contributed by atoms with van der Waals surface area (Å²) in [7, 11) is 0. The molecule has 0 heterocycles. The van der Waals surface area contributed by atoms with E-state index in [1.165, 1.54) is 128 Å². The molecule has 314 valence electrons. The van der Waals surface area contributed by atoms with Crippen molar-refractivity contribution in [3.63, 3.8) is 0 Å². The molecule has 0 aromatic heterocycles. The van der Waals surface area contributed by atoms with Crippen molar-refractivity contribution < 1.29 is 28.6 Å². The Morgan fingerprint density at radius 2 is 0.660 bits per heavy atom. The second kappa shape index (κ2) is 38.7. The normalized spacial score (nSPS) is 12.7. The second-order valence-electron chi connectivity index (χ2n) is 17.2. The number of hydrogen-bond acceptors (Lipinski definition) is 6. The third-order valence-electron chi connectivity index (χ3n) is 10.8. The van der Waals surface area contributed by atoms with Crippen molar-refractivity contribution in [1.82, 2.24) is 0 Å². The Bertz CT molecular complexity index is 824. The molecule has 0 aliphatic heterocycles. The van der Waals surface area contributed by atoms with Gasteiger partial charge in [0.1, 0.15) is 13.2 Å². The fourth-order valence-corrected chi connectivity index (χ4v) is 6.85. The molecule has 6 nitrogen and oxygen atoms in total. The Labute approximate surface area is 329 Å². The van der Waals surface area contributed by atoms with Crippen molar-refractivity contribution in [3.8, 4) is 0 Å². The number of carbonyl (C=O) groups is 3. The molecular weight excluding hydrogens is 661 g/mol. The van der Waals surface area contributed by atoms with Crippen molar-refractivity contribution in [3.05, 3.63) is 0 Å². The van der Waals surface area contributed by atoms with Gasteiger partial charge in [-0.1, -0.05) is 208 Å². The highest BCUT2D eigenvalue weighted by molar-refractivity contribution is 5.71. The van der Waals surface area contributed by atoms with Crippen LogP contribution in [0.2, 0.25) is 0 Å². The summed E-state index contributed by atoms with van der Waals surface area (Å²) in [6, 6.07) is 0. The van der Waals surface area contributed by atoms with E-state index in [0.717, 1.165) is 75.5 Å². The van der Waals surface area contributed by atoms with E-state index >= 15 is 0 Å². The molecule has 1 unspecified atom stereocenters. The average molecular weight is 751 g/mol. The minimum Gasteiger partial charge on any atom is -0.462 e. The Balaban J connectivity index is 4.35. The fourth-order valence-electron chi connectivity index (χ4n) is 6.85. The first-order valence-corrected chi connectivity index (χ1v) is 23.1. The van der Waals surface area contributed by atoms with Crippen LogP contribution in [0.4, 0.5) is 0 Å². The summed E-state index contributed by atoms with van der Waals surface area (Å²) in [5.41, 5.74) is 0. The Morgan fingerprint density at radius 3 is 0.981 bits per heavy atom. The number of esters is 3. The van der Waals surface area contributed by atoms with Crippen LogP contribution in [0.5, 0.6) is 0 Å². The van der Waals surface area contributed by atoms with E-state index in [-0.39, 0.29) is 31.1 Å². The smallest absolute Gasteiger partial charge is 0.306 e. The SMILES string of the molecule is CCC(C)CCCCCCCCC(=O)OC[C@@H](COC(=O)CCCCCCCCCCCC(C)C)OC(=O)CCCCCCCCCCCCC(C)C. The first kappa shape index (κ1) is 51.4. The van der Waals surface area contributed by atoms with Crippen LogP contribution in [-0.4, -0.2) is 37.2 Å². The maximum absolute atomic E-state index is 12.7. The zero-order chi connectivity index (χ0) is 39.2. The van der Waals surface area contributed by atoms with Crippen LogP contribution in [-0.2, 0) is 28.6 Å². The Kier molecular flexibility index (Phi) is 37.5. The van der Waals surface area contributed by atoms with Gasteiger partial charge in [0.25, 0.3) is 0 Å². The summed E-state index contributed by atoms with van der Waals surface area (Å²) < 4.78 is 16.7. The van der Waals surface area contributed by atoms with Crippen LogP contribution >= 0.6 is 0 Å². The van der Waals surface area contributed by atoms with Gasteiger partial charge in [0, 0.05) is 19.3 Å². The third-order valence-corrected chi connectivity index (χ3v) is 10.8. The zero-order valence-electron chi connectivity index (χ0n) is 36.3. The van der Waals surface area contributed by atoms with Crippen LogP contribution in [0, 0.1) is 17.8 Å². The van der Waals surface area contributed by atoms with Crippen molar-refractivity contribution in [2.75, 3.05) is 13.2 Å². The summed E-state index contributed by atoms with van der Waals surface area (Å²) in [4.78, 5) is 37.7. The molecule has 0 aromatic rings. The van der Waals surface area contributed by atoms with Crippen molar-refractivity contribution in [2.45, 2.75) is 253 Å². The van der Waals surface area contributed by atoms with Gasteiger partial charge in [-0.15, -0.1) is 0 Å². The summed E-state index contributed by atoms with van der Waals surface area (Å²) in [6.45, 7) is 13.6. The van der Waals surface area contributed by atoms with Crippen molar-refractivity contribution in [1.29, 1.82) is 0 Å². The van der Waals surface area contributed by atoms with Gasteiger partial charge in [0.15, 0.2) is 6.10 Å². The minimum atomic E-state index is -0.762. The first-order chi connectivity index (χ1) is 25.6. The monoisotopic (exact) mass is 751 g/mol. The molecule has 0 aliphatic carbocycles. The van der Waals surface area contributed by atoms with E-state index in [1.807, 2.05) is 0 Å². The van der Waals surface area contributed by atoms with Gasteiger partial charge < -0.3 is 14.2 Å². The standard InChI is InChI=1S/C47H90O6/c1-7-43(6)35-29-23-19-20-25-31-37-46(49)52-40-44(39-51-45(48)36-30-24-17-14-10-12-16-22-28-34-42(4)5)53-47(50)38-32-26-18-13-9-8-11-15-21-27-33-41(2)3/h41-44H,7-40H2,1-6H3/t43?,44-/m1/s1. The molecule has 0 saturated heterocycles. The zero-order valence-corrected chi connectivity index (χ0v) is 36.3. The molecule has 0 amide bonds. The van der Waals surface area contributed by atoms with Gasteiger partial charge in [0.2, 0.25) is 0 Å². The van der Waals surface area contributed by atoms with Crippen LogP contribution < -0.4 is 0 Å². The lowest BCUT2D eigenvalue weighted by molar-refractivity contribution is -0.167. The number of unbranched alkanes of at least 4 members (excludes halogenated alkanes) is 22. The van der Waals surface area contributed by atoms with Gasteiger partial charge in [-0.3, -0.25) is 14.4 Å². The maximum Gasteiger partial charge on any atom is 0.306 e. The van der Waals surface area contributed by atoms with Crippen LogP contribution in [0.3, 0.4) is 0 Å². The molecule has 0 bridgehead atoms. The topological polar surface area (TPSA) is 78.9 Å². The number of ether oxygens (including phenoxy) is 3. The lowest BCUT2D eigenvalue weighted by Crippen LogP contribution is -2.30. The molecule has 0 N–H and O–H groups in total. The largest absolute Gasteiger partial charge is 0.462 e. The highest BCUT2D eigenvalue weighted by Crippen LogP contribution is 2.17. The van der Waals surface area contributed by atoms with Gasteiger partial charge in [-0.25, -0.2) is 0 Å². The molecule has 0 spiro atoms. The molecule has 2 atom stereocenters. The van der Waals surface area contributed by atoms with Gasteiger partial charge in [-0.05, 0) is 37.0 Å². The molecule has 6 heteroatoms. The highest BCUT2D eigenvalue weighted by Gasteiger charge is 2.19. The third kappa shape index (κ3) is 39.9. The average Bonchev–Trinajstić information content (AvgIpc) is 3.12. The second-order valence-corrected chi connectivity index (χ2v) is 17.2. The lowest BCUT2D eigenvalue weighted by atomic mass is 10.00. The molecule has 0 saturated carbocycles. The predicted octanol–water partition coefficient (Wildman–Crippen LogP) is 14.4. The van der Waals surface area contributed by atoms with Crippen LogP contribution in [0.25, 0.3) is 0 Å². The van der Waals surface area contributed by atoms with Gasteiger partial charge >= 0.3 is 17.9 Å². The lowest BCUT2D eigenvalue weighted by Gasteiger charge is -2.18. The molecule has 0 fully saturated rings. The summed E-state index contributed by atoms with van der Waals surface area (Å²) in [5.74, 6) is 1.57. The minimum absolute atomic E-state index is 0.0667. The van der Waals surface area contributed by atoms with E-state index < -0.39 is 6.10 Å². The Morgan fingerprint density at radius 1 is 0.377 bits per heavy atom. The van der Waals surface area contributed by atoms with Crippen LogP contribution in [0.15, 0.2) is 0 Å². The molecule has 0 aromatic carbocycles. The number of hydrogen-bond donors (Lipinski definition) is 0. The Hall–Kier alpha value is -1.59. The van der Waals surface area contributed by atoms with Crippen LogP contribution in [0.1, 0.15) is 247 Å². The van der Waals surface area contributed by atoms with Gasteiger partial charge in [0.05, 0.1) is 0 Å². The maximum atomic E-state index is 12.7. The van der Waals surface area contributed by atoms with E-state index in [4.69, 9.17) is 14.2 Å². The number of rotatable bonds is 40. The summed E-state index contributed by atoms with van der Waals surface area (Å²) in [6.07, 6.45) is 35.2. The van der Waals surface area contributed by atoms with E-state index in [1.54, 1.807) is 0 Å². The van der Waals surface area contributed by atoms with E-state index in [0.29, 0.717) is 19.3 Å².